The van der Waals surface area contributed by atoms with E-state index in [1.807, 2.05) is 12.1 Å². The molecular formula is C20H18N4O5. The second-order valence-electron chi connectivity index (χ2n) is 6.55. The van der Waals surface area contributed by atoms with Gasteiger partial charge in [-0.05, 0) is 48.4 Å². The highest BCUT2D eigenvalue weighted by molar-refractivity contribution is 6.01. The topological polar surface area (TPSA) is 140 Å². The van der Waals surface area contributed by atoms with Crippen LogP contribution >= 0.6 is 0 Å². The fraction of sp³-hybridized carbons (Fsp3) is 0.150. The van der Waals surface area contributed by atoms with E-state index < -0.39 is 11.9 Å². The van der Waals surface area contributed by atoms with Crippen LogP contribution in [0.3, 0.4) is 0 Å². The van der Waals surface area contributed by atoms with Gasteiger partial charge in [-0.15, -0.1) is 0 Å². The summed E-state index contributed by atoms with van der Waals surface area (Å²) in [7, 11) is 1.53. The van der Waals surface area contributed by atoms with Crippen molar-refractivity contribution in [2.45, 2.75) is 6.42 Å². The van der Waals surface area contributed by atoms with Gasteiger partial charge in [0.05, 0.1) is 12.6 Å². The average molecular weight is 394 g/mol. The zero-order valence-corrected chi connectivity index (χ0v) is 15.4. The quantitative estimate of drug-likeness (QED) is 0.359. The minimum Gasteiger partial charge on any atom is -0.497 e. The lowest BCUT2D eigenvalue weighted by atomic mass is 10.1. The number of hydrogen-bond donors (Lipinski definition) is 5. The fourth-order valence-electron chi connectivity index (χ4n) is 3.33. The molecule has 29 heavy (non-hydrogen) atoms. The molecule has 0 unspecified atom stereocenters. The monoisotopic (exact) mass is 394 g/mol. The zero-order chi connectivity index (χ0) is 20.5. The van der Waals surface area contributed by atoms with Crippen molar-refractivity contribution in [1.29, 1.82) is 0 Å². The molecule has 0 fully saturated rings. The number of H-pyrrole nitrogens is 2. The lowest BCUT2D eigenvalue weighted by Gasteiger charge is -1.98. The van der Waals surface area contributed by atoms with Gasteiger partial charge >= 0.3 is 11.9 Å². The third-order valence-corrected chi connectivity index (χ3v) is 4.76. The summed E-state index contributed by atoms with van der Waals surface area (Å²) in [5.74, 6) is -1.36. The van der Waals surface area contributed by atoms with Crippen LogP contribution in [0.15, 0.2) is 36.4 Å². The number of nitrogens with one attached hydrogen (secondary N) is 3. The number of anilines is 1. The van der Waals surface area contributed by atoms with Gasteiger partial charge in [-0.2, -0.15) is 5.10 Å². The smallest absolute Gasteiger partial charge is 0.357 e. The number of carbonyl (C=O) groups is 2. The van der Waals surface area contributed by atoms with E-state index in [4.69, 9.17) is 14.9 Å². The number of aromatic carboxylic acids is 2. The average Bonchev–Trinajstić information content (AvgIpc) is 3.42. The summed E-state index contributed by atoms with van der Waals surface area (Å²) in [6.45, 7) is 0.966. The Bertz CT molecular complexity index is 1200. The summed E-state index contributed by atoms with van der Waals surface area (Å²) in [5.41, 5.74) is 4.19. The number of carboxylic acid groups (broad SMARTS) is 2. The van der Waals surface area contributed by atoms with Crippen molar-refractivity contribution in [3.05, 3.63) is 53.3 Å². The van der Waals surface area contributed by atoms with Crippen molar-refractivity contribution in [1.82, 2.24) is 15.2 Å². The van der Waals surface area contributed by atoms with Crippen LogP contribution in [0.2, 0.25) is 0 Å². The maximum absolute atomic E-state index is 10.8. The third-order valence-electron chi connectivity index (χ3n) is 4.76. The van der Waals surface area contributed by atoms with Crippen LogP contribution in [0, 0.1) is 0 Å². The summed E-state index contributed by atoms with van der Waals surface area (Å²) >= 11 is 0. The van der Waals surface area contributed by atoms with E-state index >= 15 is 0 Å². The molecule has 0 bridgehead atoms. The summed E-state index contributed by atoms with van der Waals surface area (Å²) in [4.78, 5) is 24.4. The SMILES string of the molecule is COc1ccc2[nH]nc(C(=O)O)c2c1.O=C(O)c1cc2cc3c(cc2[nH]1)NCC3. The first kappa shape index (κ1) is 18.4. The van der Waals surface area contributed by atoms with Crippen LogP contribution in [0.5, 0.6) is 5.75 Å². The van der Waals surface area contributed by atoms with Gasteiger partial charge in [0, 0.05) is 28.5 Å². The molecular weight excluding hydrogens is 376 g/mol. The number of aromatic amines is 2. The van der Waals surface area contributed by atoms with Gasteiger partial charge in [0.15, 0.2) is 5.69 Å². The van der Waals surface area contributed by atoms with Crippen LogP contribution < -0.4 is 10.1 Å². The van der Waals surface area contributed by atoms with E-state index in [9.17, 15) is 9.59 Å². The Balaban J connectivity index is 0.000000142. The van der Waals surface area contributed by atoms with Crippen LogP contribution in [-0.4, -0.2) is 51.0 Å². The Morgan fingerprint density at radius 1 is 1.07 bits per heavy atom. The maximum atomic E-state index is 10.8. The Labute approximate surface area is 164 Å². The summed E-state index contributed by atoms with van der Waals surface area (Å²) in [5, 5.41) is 28.8. The van der Waals surface area contributed by atoms with Gasteiger partial charge < -0.3 is 25.3 Å². The highest BCUT2D eigenvalue weighted by Crippen LogP contribution is 2.28. The number of nitrogens with zero attached hydrogens (tertiary/aromatic N) is 1. The molecule has 1 aliphatic rings. The van der Waals surface area contributed by atoms with Crippen molar-refractivity contribution < 1.29 is 24.5 Å². The van der Waals surface area contributed by atoms with Crippen molar-refractivity contribution in [3.63, 3.8) is 0 Å². The number of ether oxygens (including phenoxy) is 1. The summed E-state index contributed by atoms with van der Waals surface area (Å²) in [6, 6.07) is 10.8. The first-order valence-corrected chi connectivity index (χ1v) is 8.84. The molecule has 0 radical (unpaired) electrons. The molecule has 0 saturated heterocycles. The van der Waals surface area contributed by atoms with Crippen LogP contribution in [0.25, 0.3) is 21.8 Å². The van der Waals surface area contributed by atoms with Gasteiger partial charge in [-0.1, -0.05) is 0 Å². The first-order chi connectivity index (χ1) is 14.0. The third kappa shape index (κ3) is 3.45. The van der Waals surface area contributed by atoms with Crippen molar-refractivity contribution >= 4 is 39.4 Å². The summed E-state index contributed by atoms with van der Waals surface area (Å²) in [6.07, 6.45) is 1.01. The number of aromatic nitrogens is 3. The van der Waals surface area contributed by atoms with Crippen molar-refractivity contribution in [2.75, 3.05) is 19.0 Å². The molecule has 2 aromatic heterocycles. The molecule has 0 atom stereocenters. The number of benzene rings is 2. The lowest BCUT2D eigenvalue weighted by molar-refractivity contribution is 0.0681. The highest BCUT2D eigenvalue weighted by Gasteiger charge is 2.14. The maximum Gasteiger partial charge on any atom is 0.357 e. The summed E-state index contributed by atoms with van der Waals surface area (Å²) < 4.78 is 4.99. The molecule has 0 spiro atoms. The standard InChI is InChI=1S/C11H10N2O2.C9H8N2O3/c14-11(15)10-4-7-3-6-1-2-12-8(6)5-9(7)13-10;1-14-5-2-3-7-6(4-5)8(9(12)13)11-10-7/h3-5,12-13H,1-2H2,(H,14,15);2-4H,1H3,(H,10,11)(H,12,13). The van der Waals surface area contributed by atoms with E-state index in [0.29, 0.717) is 16.7 Å². The largest absolute Gasteiger partial charge is 0.497 e. The normalized spacial score (nSPS) is 12.2. The molecule has 2 aromatic carbocycles. The Hall–Kier alpha value is -4.01. The van der Waals surface area contributed by atoms with E-state index in [0.717, 1.165) is 29.6 Å². The minimum atomic E-state index is -1.05. The fourth-order valence-corrected chi connectivity index (χ4v) is 3.33. The van der Waals surface area contributed by atoms with E-state index in [2.05, 4.69) is 20.5 Å². The molecule has 9 nitrogen and oxygen atoms in total. The number of carboxylic acids is 2. The lowest BCUT2D eigenvalue weighted by Crippen LogP contribution is -1.96. The van der Waals surface area contributed by atoms with Crippen molar-refractivity contribution in [3.8, 4) is 5.75 Å². The molecule has 0 saturated carbocycles. The van der Waals surface area contributed by atoms with Crippen LogP contribution in [0.4, 0.5) is 5.69 Å². The van der Waals surface area contributed by atoms with Gasteiger partial charge in [-0.3, -0.25) is 5.10 Å². The molecule has 148 valence electrons. The second kappa shape index (κ2) is 7.19. The zero-order valence-electron chi connectivity index (χ0n) is 15.4. The van der Waals surface area contributed by atoms with E-state index in [1.54, 1.807) is 24.3 Å². The molecule has 0 aliphatic carbocycles. The van der Waals surface area contributed by atoms with E-state index in [-0.39, 0.29) is 11.4 Å². The number of hydrogen-bond acceptors (Lipinski definition) is 5. The van der Waals surface area contributed by atoms with Crippen LogP contribution in [-0.2, 0) is 6.42 Å². The number of rotatable bonds is 3. The number of fused-ring (bicyclic) bond motifs is 3. The Kier molecular flexibility index (Phi) is 4.55. The second-order valence-corrected chi connectivity index (χ2v) is 6.55. The molecule has 0 amide bonds. The Morgan fingerprint density at radius 3 is 2.62 bits per heavy atom. The molecule has 5 N–H and O–H groups in total. The molecule has 1 aliphatic heterocycles. The van der Waals surface area contributed by atoms with Gasteiger partial charge in [0.1, 0.15) is 11.4 Å². The predicted molar refractivity (Wildman–Crippen MR) is 107 cm³/mol. The number of methoxy groups -OCH3 is 1. The molecule has 4 aromatic rings. The van der Waals surface area contributed by atoms with E-state index in [1.165, 1.54) is 12.7 Å². The molecule has 9 heteroatoms. The highest BCUT2D eigenvalue weighted by atomic mass is 16.5. The predicted octanol–water partition coefficient (Wildman–Crippen LogP) is 3.10. The Morgan fingerprint density at radius 2 is 1.90 bits per heavy atom. The van der Waals surface area contributed by atoms with Gasteiger partial charge in [0.25, 0.3) is 0 Å². The molecule has 3 heterocycles. The van der Waals surface area contributed by atoms with Gasteiger partial charge in [-0.25, -0.2) is 9.59 Å². The minimum absolute atomic E-state index is 0.0129. The van der Waals surface area contributed by atoms with Crippen LogP contribution in [0.1, 0.15) is 26.5 Å². The molecule has 5 rings (SSSR count). The van der Waals surface area contributed by atoms with Gasteiger partial charge in [0.2, 0.25) is 0 Å². The first-order valence-electron chi connectivity index (χ1n) is 8.84. The van der Waals surface area contributed by atoms with Crippen molar-refractivity contribution in [2.24, 2.45) is 0 Å².